The number of nitro groups is 1. The Morgan fingerprint density at radius 2 is 1.77 bits per heavy atom. The number of non-ortho nitro benzene ring substituents is 1. The predicted octanol–water partition coefficient (Wildman–Crippen LogP) is 1.59. The fourth-order valence-corrected chi connectivity index (χ4v) is 3.24. The van der Waals surface area contributed by atoms with E-state index in [2.05, 4.69) is 4.90 Å². The Labute approximate surface area is 164 Å². The molecule has 0 radical (unpaired) electrons. The second kappa shape index (κ2) is 9.36. The largest absolute Gasteiger partial charge is 0.381 e. The number of piperazine rings is 1. The van der Waals surface area contributed by atoms with E-state index in [9.17, 15) is 14.9 Å². The monoisotopic (exact) mass is 406 g/mol. The molecule has 0 aliphatic carbocycles. The molecule has 0 atom stereocenters. The summed E-state index contributed by atoms with van der Waals surface area (Å²) in [7, 11) is 0. The molecule has 2 N–H and O–H groups in total. The van der Waals surface area contributed by atoms with Crippen LogP contribution in [0.1, 0.15) is 12.8 Å². The molecule has 0 bridgehead atoms. The molecule has 26 heavy (non-hydrogen) atoms. The van der Waals surface area contributed by atoms with Gasteiger partial charge < -0.3 is 20.3 Å². The number of halogens is 2. The van der Waals surface area contributed by atoms with Crippen LogP contribution in [0.3, 0.4) is 0 Å². The molecular weight excluding hydrogens is 383 g/mol. The summed E-state index contributed by atoms with van der Waals surface area (Å²) in [6.45, 7) is 3.47. The van der Waals surface area contributed by atoms with Crippen molar-refractivity contribution in [3.63, 3.8) is 0 Å². The molecule has 2 saturated heterocycles. The first kappa shape index (κ1) is 22.4. The number of anilines is 1. The van der Waals surface area contributed by atoms with E-state index in [1.165, 1.54) is 6.07 Å². The van der Waals surface area contributed by atoms with Gasteiger partial charge in [0.1, 0.15) is 0 Å². The number of carbonyl (C=O) groups is 1. The highest BCUT2D eigenvalue weighted by atomic mass is 35.5. The van der Waals surface area contributed by atoms with Crippen molar-refractivity contribution in [2.75, 3.05) is 44.3 Å². The summed E-state index contributed by atoms with van der Waals surface area (Å²) >= 11 is 0. The summed E-state index contributed by atoms with van der Waals surface area (Å²) in [4.78, 5) is 27.1. The molecule has 0 spiro atoms. The van der Waals surface area contributed by atoms with Crippen LogP contribution in [0.4, 0.5) is 11.4 Å². The lowest BCUT2D eigenvalue weighted by atomic mass is 9.89. The fraction of sp³-hybridized carbons (Fsp3) is 0.562. The molecule has 1 amide bonds. The number of hydrogen-bond donors (Lipinski definition) is 1. The maximum atomic E-state index is 12.7. The molecule has 2 heterocycles. The van der Waals surface area contributed by atoms with E-state index in [1.807, 2.05) is 6.07 Å². The van der Waals surface area contributed by atoms with Gasteiger partial charge in [0.25, 0.3) is 5.69 Å². The van der Waals surface area contributed by atoms with E-state index in [0.717, 1.165) is 5.69 Å². The van der Waals surface area contributed by atoms with E-state index in [0.29, 0.717) is 52.2 Å². The standard InChI is InChI=1S/C16H22N4O4.2ClH/c17-16(4-10-24-11-5-16)15(21)19-8-6-18(7-9-19)13-2-1-3-14(12-13)20(22)23;;/h1-3,12H,4-11,17H2;2*1H. The zero-order valence-electron chi connectivity index (χ0n) is 14.3. The molecule has 3 rings (SSSR count). The maximum Gasteiger partial charge on any atom is 0.271 e. The SMILES string of the molecule is Cl.Cl.NC1(C(=O)N2CCN(c3cccc([N+](=O)[O-])c3)CC2)CCOCC1. The molecule has 1 aromatic carbocycles. The lowest BCUT2D eigenvalue weighted by molar-refractivity contribution is -0.384. The highest BCUT2D eigenvalue weighted by Gasteiger charge is 2.39. The van der Waals surface area contributed by atoms with Gasteiger partial charge in [-0.05, 0) is 18.9 Å². The summed E-state index contributed by atoms with van der Waals surface area (Å²) in [5, 5.41) is 10.9. The number of hydrogen-bond acceptors (Lipinski definition) is 6. The van der Waals surface area contributed by atoms with Crippen molar-refractivity contribution >= 4 is 42.1 Å². The van der Waals surface area contributed by atoms with E-state index >= 15 is 0 Å². The zero-order chi connectivity index (χ0) is 17.2. The summed E-state index contributed by atoms with van der Waals surface area (Å²) in [6, 6.07) is 6.59. The third-order valence-corrected chi connectivity index (χ3v) is 4.78. The fourth-order valence-electron chi connectivity index (χ4n) is 3.24. The third kappa shape index (κ3) is 4.76. The van der Waals surface area contributed by atoms with Crippen LogP contribution >= 0.6 is 24.8 Å². The van der Waals surface area contributed by atoms with Gasteiger partial charge in [0, 0.05) is 57.2 Å². The third-order valence-electron chi connectivity index (χ3n) is 4.78. The number of benzene rings is 1. The molecule has 2 aliphatic rings. The summed E-state index contributed by atoms with van der Waals surface area (Å²) < 4.78 is 5.29. The van der Waals surface area contributed by atoms with Crippen molar-refractivity contribution < 1.29 is 14.5 Å². The van der Waals surface area contributed by atoms with Crippen molar-refractivity contribution in [3.05, 3.63) is 34.4 Å². The minimum absolute atomic E-state index is 0. The van der Waals surface area contributed by atoms with E-state index in [1.54, 1.807) is 17.0 Å². The molecule has 8 nitrogen and oxygen atoms in total. The molecule has 0 aromatic heterocycles. The van der Waals surface area contributed by atoms with Gasteiger partial charge in [-0.25, -0.2) is 0 Å². The van der Waals surface area contributed by atoms with Crippen LogP contribution in [0.2, 0.25) is 0 Å². The van der Waals surface area contributed by atoms with Crippen molar-refractivity contribution in [1.29, 1.82) is 0 Å². The van der Waals surface area contributed by atoms with Gasteiger partial charge in [-0.3, -0.25) is 14.9 Å². The van der Waals surface area contributed by atoms with E-state index in [4.69, 9.17) is 10.5 Å². The van der Waals surface area contributed by atoms with Crippen LogP contribution in [0, 0.1) is 10.1 Å². The van der Waals surface area contributed by atoms with E-state index in [-0.39, 0.29) is 36.4 Å². The van der Waals surface area contributed by atoms with Crippen LogP contribution in [0.25, 0.3) is 0 Å². The van der Waals surface area contributed by atoms with E-state index < -0.39 is 10.5 Å². The quantitative estimate of drug-likeness (QED) is 0.603. The molecule has 2 fully saturated rings. The van der Waals surface area contributed by atoms with Crippen LogP contribution in [-0.2, 0) is 9.53 Å². The van der Waals surface area contributed by atoms with Gasteiger partial charge in [-0.1, -0.05) is 6.07 Å². The minimum Gasteiger partial charge on any atom is -0.381 e. The Balaban J connectivity index is 0.00000169. The molecule has 146 valence electrons. The Morgan fingerprint density at radius 1 is 1.15 bits per heavy atom. The Morgan fingerprint density at radius 3 is 2.35 bits per heavy atom. The number of nitro benzene ring substituents is 1. The van der Waals surface area contributed by atoms with Crippen molar-refractivity contribution in [3.8, 4) is 0 Å². The first-order chi connectivity index (χ1) is 11.5. The highest BCUT2D eigenvalue weighted by molar-refractivity contribution is 5.86. The van der Waals surface area contributed by atoms with Crippen molar-refractivity contribution in [1.82, 2.24) is 4.90 Å². The van der Waals surface area contributed by atoms with Gasteiger partial charge >= 0.3 is 0 Å². The predicted molar refractivity (Wildman–Crippen MR) is 103 cm³/mol. The number of rotatable bonds is 3. The first-order valence-corrected chi connectivity index (χ1v) is 8.15. The number of carbonyl (C=O) groups excluding carboxylic acids is 1. The number of amides is 1. The Bertz CT molecular complexity index is 632. The summed E-state index contributed by atoms with van der Waals surface area (Å²) in [6.07, 6.45) is 1.11. The first-order valence-electron chi connectivity index (χ1n) is 8.15. The molecule has 1 aromatic rings. The molecule has 2 aliphatic heterocycles. The molecule has 0 saturated carbocycles. The topological polar surface area (TPSA) is 102 Å². The normalized spacial score (nSPS) is 19.1. The van der Waals surface area contributed by atoms with Gasteiger partial charge in [-0.2, -0.15) is 0 Å². The van der Waals surface area contributed by atoms with Crippen LogP contribution in [-0.4, -0.2) is 60.7 Å². The van der Waals surface area contributed by atoms with Gasteiger partial charge in [-0.15, -0.1) is 24.8 Å². The second-order valence-corrected chi connectivity index (χ2v) is 6.32. The van der Waals surface area contributed by atoms with Crippen LogP contribution < -0.4 is 10.6 Å². The second-order valence-electron chi connectivity index (χ2n) is 6.32. The average Bonchev–Trinajstić information content (AvgIpc) is 2.62. The Hall–Kier alpha value is -1.61. The van der Waals surface area contributed by atoms with Crippen molar-refractivity contribution in [2.24, 2.45) is 5.73 Å². The number of nitrogens with zero attached hydrogens (tertiary/aromatic N) is 3. The Kier molecular flexibility index (Phi) is 8.08. The minimum atomic E-state index is -0.814. The summed E-state index contributed by atoms with van der Waals surface area (Å²) in [5.74, 6) is -0.00973. The zero-order valence-corrected chi connectivity index (χ0v) is 16.0. The van der Waals surface area contributed by atoms with Crippen molar-refractivity contribution in [2.45, 2.75) is 18.4 Å². The molecule has 0 unspecified atom stereocenters. The van der Waals surface area contributed by atoms with Crippen LogP contribution in [0.15, 0.2) is 24.3 Å². The lowest BCUT2D eigenvalue weighted by Gasteiger charge is -2.41. The number of nitrogens with two attached hydrogens (primary N) is 1. The molecular formula is C16H24Cl2N4O4. The highest BCUT2D eigenvalue weighted by Crippen LogP contribution is 2.24. The average molecular weight is 407 g/mol. The van der Waals surface area contributed by atoms with Gasteiger partial charge in [0.05, 0.1) is 10.5 Å². The van der Waals surface area contributed by atoms with Gasteiger partial charge in [0.2, 0.25) is 5.91 Å². The summed E-state index contributed by atoms with van der Waals surface area (Å²) in [5.41, 5.74) is 6.35. The lowest BCUT2D eigenvalue weighted by Crippen LogP contribution is -2.61. The maximum absolute atomic E-state index is 12.7. The van der Waals surface area contributed by atoms with Gasteiger partial charge in [0.15, 0.2) is 0 Å². The molecule has 10 heteroatoms. The number of ether oxygens (including phenoxy) is 1. The smallest absolute Gasteiger partial charge is 0.271 e. The van der Waals surface area contributed by atoms with Crippen LogP contribution in [0.5, 0.6) is 0 Å².